The molecule has 0 spiro atoms. The second kappa shape index (κ2) is 7.08. The molecule has 126 valence electrons. The van der Waals surface area contributed by atoms with Crippen LogP contribution in [0.1, 0.15) is 29.5 Å². The van der Waals surface area contributed by atoms with Crippen molar-refractivity contribution in [3.8, 4) is 16.9 Å². The third-order valence-corrected chi connectivity index (χ3v) is 4.72. The summed E-state index contributed by atoms with van der Waals surface area (Å²) < 4.78 is 5.91. The first-order chi connectivity index (χ1) is 11.6. The molecule has 3 nitrogen and oxygen atoms in total. The van der Waals surface area contributed by atoms with E-state index in [1.54, 1.807) is 0 Å². The molecule has 24 heavy (non-hydrogen) atoms. The molecule has 3 rings (SSSR count). The van der Waals surface area contributed by atoms with Crippen molar-refractivity contribution in [1.29, 1.82) is 0 Å². The van der Waals surface area contributed by atoms with E-state index in [-0.39, 0.29) is 5.91 Å². The number of aryl methyl sites for hydroxylation is 3. The average Bonchev–Trinajstić information content (AvgIpc) is 2.94. The Morgan fingerprint density at radius 3 is 2.38 bits per heavy atom. The quantitative estimate of drug-likeness (QED) is 0.822. The van der Waals surface area contributed by atoms with E-state index < -0.39 is 0 Å². The number of nitrogens with zero attached hydrogens (tertiary/aromatic N) is 1. The highest BCUT2D eigenvalue weighted by Gasteiger charge is 2.19. The van der Waals surface area contributed by atoms with Gasteiger partial charge in [0, 0.05) is 13.0 Å². The highest BCUT2D eigenvalue weighted by molar-refractivity contribution is 5.78. The van der Waals surface area contributed by atoms with Crippen molar-refractivity contribution in [2.45, 2.75) is 33.6 Å². The number of amides is 1. The monoisotopic (exact) mass is 323 g/mol. The number of hydrogen-bond acceptors (Lipinski definition) is 2. The Kier molecular flexibility index (Phi) is 4.89. The largest absolute Gasteiger partial charge is 0.492 e. The molecule has 0 aliphatic carbocycles. The van der Waals surface area contributed by atoms with Crippen LogP contribution in [0.5, 0.6) is 5.75 Å². The number of hydrogen-bond donors (Lipinski definition) is 0. The molecule has 0 bridgehead atoms. The summed E-state index contributed by atoms with van der Waals surface area (Å²) in [4.78, 5) is 13.5. The van der Waals surface area contributed by atoms with Gasteiger partial charge in [0.15, 0.2) is 0 Å². The van der Waals surface area contributed by atoms with E-state index >= 15 is 0 Å². The minimum Gasteiger partial charge on any atom is -0.492 e. The topological polar surface area (TPSA) is 29.5 Å². The number of benzene rings is 2. The summed E-state index contributed by atoms with van der Waals surface area (Å²) in [5.41, 5.74) is 6.29. The van der Waals surface area contributed by atoms with E-state index in [1.807, 2.05) is 4.90 Å². The Morgan fingerprint density at radius 2 is 1.75 bits per heavy atom. The normalized spacial score (nSPS) is 14.3. The number of rotatable bonds is 5. The van der Waals surface area contributed by atoms with Gasteiger partial charge in [-0.25, -0.2) is 0 Å². The summed E-state index contributed by atoms with van der Waals surface area (Å²) in [5, 5.41) is 0. The Morgan fingerprint density at radius 1 is 1.04 bits per heavy atom. The van der Waals surface area contributed by atoms with Gasteiger partial charge in [-0.15, -0.1) is 0 Å². The second-order valence-corrected chi connectivity index (χ2v) is 6.58. The molecule has 0 N–H and O–H groups in total. The van der Waals surface area contributed by atoms with Gasteiger partial charge in [0.2, 0.25) is 5.91 Å². The predicted octanol–water partition coefficient (Wildman–Crippen LogP) is 4.28. The fourth-order valence-electron chi connectivity index (χ4n) is 3.50. The van der Waals surface area contributed by atoms with Crippen molar-refractivity contribution in [1.82, 2.24) is 4.90 Å². The van der Waals surface area contributed by atoms with Gasteiger partial charge < -0.3 is 9.64 Å². The van der Waals surface area contributed by atoms with Gasteiger partial charge in [0.1, 0.15) is 12.4 Å². The fraction of sp³-hybridized carbons (Fsp3) is 0.381. The molecule has 0 atom stereocenters. The Balaban J connectivity index is 1.73. The van der Waals surface area contributed by atoms with Crippen LogP contribution in [0.4, 0.5) is 0 Å². The lowest BCUT2D eigenvalue weighted by atomic mass is 9.92. The van der Waals surface area contributed by atoms with Crippen molar-refractivity contribution < 1.29 is 9.53 Å². The number of carbonyl (C=O) groups excluding carboxylic acids is 1. The van der Waals surface area contributed by atoms with E-state index in [9.17, 15) is 4.79 Å². The zero-order valence-electron chi connectivity index (χ0n) is 14.8. The van der Waals surface area contributed by atoms with Crippen molar-refractivity contribution in [2.75, 3.05) is 19.7 Å². The number of ether oxygens (including phenoxy) is 1. The highest BCUT2D eigenvalue weighted by atomic mass is 16.5. The maximum absolute atomic E-state index is 11.6. The van der Waals surface area contributed by atoms with E-state index in [1.165, 1.54) is 27.8 Å². The highest BCUT2D eigenvalue weighted by Crippen LogP contribution is 2.32. The zero-order valence-corrected chi connectivity index (χ0v) is 14.8. The lowest BCUT2D eigenvalue weighted by molar-refractivity contribution is -0.128. The van der Waals surface area contributed by atoms with Gasteiger partial charge in [-0.2, -0.15) is 0 Å². The molecule has 1 saturated heterocycles. The molecule has 2 aromatic carbocycles. The molecule has 1 amide bonds. The van der Waals surface area contributed by atoms with Crippen LogP contribution in [0, 0.1) is 20.8 Å². The minimum absolute atomic E-state index is 0.251. The molecule has 1 aliphatic heterocycles. The van der Waals surface area contributed by atoms with E-state index in [2.05, 4.69) is 57.2 Å². The lowest BCUT2D eigenvalue weighted by Gasteiger charge is -2.18. The zero-order chi connectivity index (χ0) is 17.1. The molecule has 0 unspecified atom stereocenters. The summed E-state index contributed by atoms with van der Waals surface area (Å²) in [5.74, 6) is 1.13. The standard InChI is InChI=1S/C21H25NO2/c1-15-7-4-5-8-19(15)21-16(2)13-18(14-17(21)3)24-12-11-22-10-6-9-20(22)23/h4-5,7-8,13-14H,6,9-12H2,1-3H3. The SMILES string of the molecule is Cc1ccccc1-c1c(C)cc(OCCN2CCCC2=O)cc1C. The third kappa shape index (κ3) is 3.45. The van der Waals surface area contributed by atoms with Crippen LogP contribution in [0.2, 0.25) is 0 Å². The first kappa shape index (κ1) is 16.6. The van der Waals surface area contributed by atoms with E-state index in [4.69, 9.17) is 4.74 Å². The molecule has 2 aromatic rings. The van der Waals surface area contributed by atoms with Crippen LogP contribution < -0.4 is 4.74 Å². The molecule has 1 heterocycles. The smallest absolute Gasteiger partial charge is 0.222 e. The molecule has 0 aromatic heterocycles. The van der Waals surface area contributed by atoms with Crippen LogP contribution in [-0.2, 0) is 4.79 Å². The van der Waals surface area contributed by atoms with E-state index in [0.29, 0.717) is 19.6 Å². The maximum atomic E-state index is 11.6. The Labute approximate surface area is 144 Å². The summed E-state index contributed by atoms with van der Waals surface area (Å²) in [6.45, 7) is 8.50. The van der Waals surface area contributed by atoms with Gasteiger partial charge in [0.25, 0.3) is 0 Å². The molecule has 1 fully saturated rings. The van der Waals surface area contributed by atoms with Crippen molar-refractivity contribution in [3.05, 3.63) is 53.1 Å². The van der Waals surface area contributed by atoms with Crippen LogP contribution >= 0.6 is 0 Å². The van der Waals surface area contributed by atoms with E-state index in [0.717, 1.165) is 18.7 Å². The van der Waals surface area contributed by atoms with Crippen molar-refractivity contribution in [3.63, 3.8) is 0 Å². The second-order valence-electron chi connectivity index (χ2n) is 6.58. The van der Waals surface area contributed by atoms with Crippen LogP contribution in [0.3, 0.4) is 0 Å². The first-order valence-electron chi connectivity index (χ1n) is 8.64. The summed E-state index contributed by atoms with van der Waals surface area (Å²) >= 11 is 0. The number of carbonyl (C=O) groups is 1. The molecule has 0 saturated carbocycles. The summed E-state index contributed by atoms with van der Waals surface area (Å²) in [6, 6.07) is 12.7. The molecule has 3 heteroatoms. The van der Waals surface area contributed by atoms with Crippen LogP contribution in [0.15, 0.2) is 36.4 Å². The lowest BCUT2D eigenvalue weighted by Crippen LogP contribution is -2.29. The van der Waals surface area contributed by atoms with Gasteiger partial charge in [-0.1, -0.05) is 24.3 Å². The van der Waals surface area contributed by atoms with Crippen LogP contribution in [-0.4, -0.2) is 30.5 Å². The first-order valence-corrected chi connectivity index (χ1v) is 8.64. The predicted molar refractivity (Wildman–Crippen MR) is 97.4 cm³/mol. The van der Waals surface area contributed by atoms with Crippen molar-refractivity contribution >= 4 is 5.91 Å². The van der Waals surface area contributed by atoms with Gasteiger partial charge in [0.05, 0.1) is 6.54 Å². The van der Waals surface area contributed by atoms with Crippen molar-refractivity contribution in [2.24, 2.45) is 0 Å². The molecular weight excluding hydrogens is 298 g/mol. The van der Waals surface area contributed by atoms with Gasteiger partial charge in [-0.05, 0) is 67.1 Å². The average molecular weight is 323 g/mol. The molecule has 0 radical (unpaired) electrons. The van der Waals surface area contributed by atoms with Gasteiger partial charge in [-0.3, -0.25) is 4.79 Å². The van der Waals surface area contributed by atoms with Gasteiger partial charge >= 0.3 is 0 Å². The third-order valence-electron chi connectivity index (χ3n) is 4.72. The molecule has 1 aliphatic rings. The summed E-state index contributed by atoms with van der Waals surface area (Å²) in [7, 11) is 0. The Bertz CT molecular complexity index is 728. The van der Waals surface area contributed by atoms with Crippen LogP contribution in [0.25, 0.3) is 11.1 Å². The fourth-order valence-corrected chi connectivity index (χ4v) is 3.50. The Hall–Kier alpha value is -2.29. The summed E-state index contributed by atoms with van der Waals surface area (Å²) in [6.07, 6.45) is 1.66. The maximum Gasteiger partial charge on any atom is 0.222 e. The number of likely N-dealkylation sites (tertiary alicyclic amines) is 1. The molecular formula is C21H25NO2. The minimum atomic E-state index is 0.251.